The number of fused-ring (bicyclic) bond motifs is 1. The summed E-state index contributed by atoms with van der Waals surface area (Å²) in [6.07, 6.45) is 0.651. The monoisotopic (exact) mass is 419 g/mol. The first-order chi connectivity index (χ1) is 13.4. The number of carbonyl (C=O) groups is 1. The van der Waals surface area contributed by atoms with E-state index in [2.05, 4.69) is 0 Å². The van der Waals surface area contributed by atoms with Gasteiger partial charge in [0, 0.05) is 10.8 Å². The van der Waals surface area contributed by atoms with Crippen LogP contribution in [0.25, 0.3) is 11.0 Å². The highest BCUT2D eigenvalue weighted by Crippen LogP contribution is 2.41. The molecular weight excluding hydrogens is 402 g/mol. The van der Waals surface area contributed by atoms with E-state index in [0.717, 1.165) is 40.5 Å². The second-order valence-corrected chi connectivity index (χ2v) is 8.05. The fourth-order valence-corrected chi connectivity index (χ4v) is 4.85. The van der Waals surface area contributed by atoms with Gasteiger partial charge in [-0.25, -0.2) is 4.79 Å². The van der Waals surface area contributed by atoms with Crippen molar-refractivity contribution in [1.82, 2.24) is 0 Å². The Labute approximate surface area is 168 Å². The van der Waals surface area contributed by atoms with Crippen molar-refractivity contribution in [3.8, 4) is 0 Å². The first-order valence-electron chi connectivity index (χ1n) is 8.58. The van der Waals surface area contributed by atoms with Gasteiger partial charge < -0.3 is 9.15 Å². The molecular formula is C19H17NO6S2. The summed E-state index contributed by atoms with van der Waals surface area (Å²) < 4.78 is 10.5. The molecule has 7 nitrogen and oxygen atoms in total. The standard InChI is InChI=1S/C19H17NO6S2/c1-3-11-5-6-14-12(7-11)8-15(18(22)26-14)28-19-17(20(23)24)13(10-27-19)9-16(21)25-4-2/h5-8,10H,3-4,9H2,1-2H3. The van der Waals surface area contributed by atoms with E-state index >= 15 is 0 Å². The molecule has 0 atom stereocenters. The summed E-state index contributed by atoms with van der Waals surface area (Å²) in [7, 11) is 0. The smallest absolute Gasteiger partial charge is 0.350 e. The summed E-state index contributed by atoms with van der Waals surface area (Å²) in [5.74, 6) is -0.530. The molecule has 0 bridgehead atoms. The molecule has 146 valence electrons. The third-order valence-corrected chi connectivity index (χ3v) is 6.24. The molecule has 0 spiro atoms. The molecule has 0 aliphatic heterocycles. The molecule has 0 N–H and O–H groups in total. The first kappa shape index (κ1) is 20.1. The molecule has 9 heteroatoms. The zero-order chi connectivity index (χ0) is 20.3. The second-order valence-electron chi connectivity index (χ2n) is 5.86. The topological polar surface area (TPSA) is 99.7 Å². The van der Waals surface area contributed by atoms with Crippen LogP contribution in [-0.2, 0) is 22.4 Å². The number of rotatable bonds is 7. The van der Waals surface area contributed by atoms with Gasteiger partial charge >= 0.3 is 11.6 Å². The molecule has 3 aromatic rings. The van der Waals surface area contributed by atoms with Gasteiger partial charge in [-0.2, -0.15) is 0 Å². The zero-order valence-electron chi connectivity index (χ0n) is 15.2. The largest absolute Gasteiger partial charge is 0.466 e. The molecule has 1 aromatic carbocycles. The third-order valence-electron chi connectivity index (χ3n) is 4.00. The maximum absolute atomic E-state index is 12.3. The van der Waals surface area contributed by atoms with Gasteiger partial charge in [0.1, 0.15) is 9.79 Å². The lowest BCUT2D eigenvalue weighted by Gasteiger charge is -2.03. The number of hydrogen-bond donors (Lipinski definition) is 0. The van der Waals surface area contributed by atoms with Crippen LogP contribution >= 0.6 is 23.1 Å². The SMILES string of the molecule is CCOC(=O)Cc1csc(Sc2cc3cc(CC)ccc3oc2=O)c1[N+](=O)[O-]. The highest BCUT2D eigenvalue weighted by molar-refractivity contribution is 8.01. The summed E-state index contributed by atoms with van der Waals surface area (Å²) in [5, 5.41) is 13.9. The van der Waals surface area contributed by atoms with Gasteiger partial charge in [0.25, 0.3) is 5.69 Å². The minimum atomic E-state index is -0.559. The molecule has 2 aromatic heterocycles. The molecule has 0 saturated carbocycles. The minimum Gasteiger partial charge on any atom is -0.466 e. The predicted molar refractivity (Wildman–Crippen MR) is 107 cm³/mol. The van der Waals surface area contributed by atoms with Gasteiger partial charge in [-0.05, 0) is 37.1 Å². The van der Waals surface area contributed by atoms with Gasteiger partial charge in [0.15, 0.2) is 0 Å². The average Bonchev–Trinajstić information content (AvgIpc) is 3.04. The molecule has 0 fully saturated rings. The van der Waals surface area contributed by atoms with E-state index in [-0.39, 0.29) is 29.2 Å². The van der Waals surface area contributed by atoms with Crippen molar-refractivity contribution in [1.29, 1.82) is 0 Å². The van der Waals surface area contributed by atoms with Crippen LogP contribution in [0.3, 0.4) is 0 Å². The Bertz CT molecular complexity index is 1100. The normalized spacial score (nSPS) is 10.9. The average molecular weight is 419 g/mol. The fraction of sp³-hybridized carbons (Fsp3) is 0.263. The molecule has 0 aliphatic rings. The van der Waals surface area contributed by atoms with Crippen LogP contribution in [0.5, 0.6) is 0 Å². The number of aryl methyl sites for hydroxylation is 1. The van der Waals surface area contributed by atoms with Gasteiger partial charge in [-0.1, -0.05) is 24.8 Å². The van der Waals surface area contributed by atoms with E-state index < -0.39 is 16.5 Å². The van der Waals surface area contributed by atoms with Crippen molar-refractivity contribution in [3.63, 3.8) is 0 Å². The van der Waals surface area contributed by atoms with E-state index in [1.54, 1.807) is 24.4 Å². The van der Waals surface area contributed by atoms with E-state index in [1.807, 2.05) is 19.1 Å². The lowest BCUT2D eigenvalue weighted by atomic mass is 10.1. The maximum atomic E-state index is 12.3. The van der Waals surface area contributed by atoms with E-state index in [0.29, 0.717) is 9.79 Å². The Morgan fingerprint density at radius 3 is 2.79 bits per heavy atom. The van der Waals surface area contributed by atoms with Crippen LogP contribution in [0.2, 0.25) is 0 Å². The summed E-state index contributed by atoms with van der Waals surface area (Å²) in [4.78, 5) is 35.3. The number of nitrogens with zero attached hydrogens (tertiary/aromatic N) is 1. The van der Waals surface area contributed by atoms with Crippen LogP contribution < -0.4 is 5.63 Å². The number of benzene rings is 1. The van der Waals surface area contributed by atoms with Crippen molar-refractivity contribution in [2.24, 2.45) is 0 Å². The molecule has 3 rings (SSSR count). The highest BCUT2D eigenvalue weighted by atomic mass is 32.2. The lowest BCUT2D eigenvalue weighted by molar-refractivity contribution is -0.387. The Morgan fingerprint density at radius 2 is 2.11 bits per heavy atom. The van der Waals surface area contributed by atoms with Crippen LogP contribution in [0.1, 0.15) is 25.0 Å². The van der Waals surface area contributed by atoms with Crippen molar-refractivity contribution >= 4 is 45.7 Å². The highest BCUT2D eigenvalue weighted by Gasteiger charge is 2.26. The van der Waals surface area contributed by atoms with Gasteiger partial charge in [-0.3, -0.25) is 14.9 Å². The Kier molecular flexibility index (Phi) is 6.15. The number of hydrogen-bond acceptors (Lipinski definition) is 8. The molecule has 0 unspecified atom stereocenters. The number of nitro groups is 1. The fourth-order valence-electron chi connectivity index (χ4n) is 2.67. The summed E-state index contributed by atoms with van der Waals surface area (Å²) in [6.45, 7) is 3.90. The third kappa shape index (κ3) is 4.26. The van der Waals surface area contributed by atoms with Crippen molar-refractivity contribution in [3.05, 3.63) is 61.3 Å². The summed E-state index contributed by atoms with van der Waals surface area (Å²) in [5.41, 5.74) is 1.10. The van der Waals surface area contributed by atoms with Gasteiger partial charge in [0.2, 0.25) is 0 Å². The van der Waals surface area contributed by atoms with Crippen molar-refractivity contribution in [2.45, 2.75) is 35.8 Å². The summed E-state index contributed by atoms with van der Waals surface area (Å²) in [6, 6.07) is 7.25. The van der Waals surface area contributed by atoms with Crippen molar-refractivity contribution in [2.75, 3.05) is 6.61 Å². The Morgan fingerprint density at radius 1 is 1.32 bits per heavy atom. The first-order valence-corrected chi connectivity index (χ1v) is 10.3. The maximum Gasteiger partial charge on any atom is 0.350 e. The van der Waals surface area contributed by atoms with Gasteiger partial charge in [-0.15, -0.1) is 11.3 Å². The second kappa shape index (κ2) is 8.57. The molecule has 0 radical (unpaired) electrons. The Hall–Kier alpha value is -2.65. The molecule has 0 amide bonds. The van der Waals surface area contributed by atoms with E-state index in [1.165, 1.54) is 0 Å². The lowest BCUT2D eigenvalue weighted by Crippen LogP contribution is -2.08. The quantitative estimate of drug-likeness (QED) is 0.239. The van der Waals surface area contributed by atoms with Gasteiger partial charge in [0.05, 0.1) is 28.4 Å². The van der Waals surface area contributed by atoms with Crippen LogP contribution in [0, 0.1) is 10.1 Å². The number of carbonyl (C=O) groups excluding carboxylic acids is 1. The number of thiophene rings is 1. The van der Waals surface area contributed by atoms with Crippen LogP contribution in [0.15, 0.2) is 48.0 Å². The predicted octanol–water partition coefficient (Wildman–Crippen LogP) is 4.58. The zero-order valence-corrected chi connectivity index (χ0v) is 16.9. The van der Waals surface area contributed by atoms with E-state index in [4.69, 9.17) is 9.15 Å². The van der Waals surface area contributed by atoms with Crippen LogP contribution in [0.4, 0.5) is 5.69 Å². The van der Waals surface area contributed by atoms with Crippen LogP contribution in [-0.4, -0.2) is 17.5 Å². The van der Waals surface area contributed by atoms with E-state index in [9.17, 15) is 19.7 Å². The minimum absolute atomic E-state index is 0.176. The molecule has 0 saturated heterocycles. The van der Waals surface area contributed by atoms with Crippen molar-refractivity contribution < 1.29 is 18.9 Å². The number of ether oxygens (including phenoxy) is 1. The Balaban J connectivity index is 1.98. The molecule has 2 heterocycles. The molecule has 0 aliphatic carbocycles. The summed E-state index contributed by atoms with van der Waals surface area (Å²) >= 11 is 2.09. The number of esters is 1. The molecule has 28 heavy (non-hydrogen) atoms.